The number of phenols is 1. The van der Waals surface area contributed by atoms with Crippen molar-refractivity contribution in [2.45, 2.75) is 12.5 Å². The average Bonchev–Trinajstić information content (AvgIpc) is 2.41. The van der Waals surface area contributed by atoms with Gasteiger partial charge >= 0.3 is 0 Å². The number of phenolic OH excluding ortho intramolecular Hbond substituents is 1. The molecule has 1 heterocycles. The molecule has 1 aromatic rings. The molecule has 0 radical (unpaired) electrons. The molecule has 8 heteroatoms. The number of nitro benzene ring substituents is 1. The van der Waals surface area contributed by atoms with Crippen molar-refractivity contribution in [1.82, 2.24) is 10.2 Å². The summed E-state index contributed by atoms with van der Waals surface area (Å²) in [7, 11) is 0. The molecule has 1 saturated heterocycles. The molecular weight excluding hydrogens is 298 g/mol. The minimum atomic E-state index is -0.469. The van der Waals surface area contributed by atoms with Crippen LogP contribution < -0.4 is 5.32 Å². The van der Waals surface area contributed by atoms with Gasteiger partial charge < -0.3 is 15.3 Å². The number of thiocarbonyl (C=S) groups is 1. The molecule has 0 aliphatic carbocycles. The quantitative estimate of drug-likeness (QED) is 0.338. The molecule has 20 heavy (non-hydrogen) atoms. The van der Waals surface area contributed by atoms with Crippen LogP contribution in [-0.4, -0.2) is 44.9 Å². The van der Waals surface area contributed by atoms with Crippen LogP contribution in [0.25, 0.3) is 0 Å². The number of non-ortho nitro benzene ring substituents is 1. The number of aromatic hydroxyl groups is 1. The van der Waals surface area contributed by atoms with E-state index in [0.29, 0.717) is 22.8 Å². The van der Waals surface area contributed by atoms with Gasteiger partial charge in [0, 0.05) is 43.4 Å². The van der Waals surface area contributed by atoms with Crippen molar-refractivity contribution in [1.29, 1.82) is 0 Å². The van der Waals surface area contributed by atoms with Gasteiger partial charge in [0.2, 0.25) is 0 Å². The van der Waals surface area contributed by atoms with Crippen molar-refractivity contribution in [2.24, 2.45) is 0 Å². The zero-order valence-electron chi connectivity index (χ0n) is 10.7. The summed E-state index contributed by atoms with van der Waals surface area (Å²) in [6, 6.07) is 4.08. The van der Waals surface area contributed by atoms with E-state index < -0.39 is 4.92 Å². The van der Waals surface area contributed by atoms with E-state index in [1.807, 2.05) is 4.90 Å². The highest BCUT2D eigenvalue weighted by molar-refractivity contribution is 8.10. The SMILES string of the molecule is O=[N+]([O-])c1ccc(O)c(CC2CNCCN2C(=S)S)c1. The molecule has 2 N–H and O–H groups in total. The third-order valence-corrected chi connectivity index (χ3v) is 3.82. The highest BCUT2D eigenvalue weighted by Crippen LogP contribution is 2.25. The summed E-state index contributed by atoms with van der Waals surface area (Å²) >= 11 is 9.31. The third kappa shape index (κ3) is 3.38. The Morgan fingerprint density at radius 3 is 3.05 bits per heavy atom. The molecule has 0 bridgehead atoms. The number of piperazine rings is 1. The van der Waals surface area contributed by atoms with Crippen molar-refractivity contribution >= 4 is 34.9 Å². The number of rotatable bonds is 3. The van der Waals surface area contributed by atoms with Gasteiger partial charge in [0.1, 0.15) is 10.1 Å². The molecule has 1 unspecified atom stereocenters. The summed E-state index contributed by atoms with van der Waals surface area (Å²) in [6.45, 7) is 2.25. The Labute approximate surface area is 127 Å². The zero-order valence-corrected chi connectivity index (χ0v) is 12.4. The number of nitrogens with one attached hydrogen (secondary N) is 1. The van der Waals surface area contributed by atoms with E-state index in [9.17, 15) is 15.2 Å². The van der Waals surface area contributed by atoms with E-state index in [1.165, 1.54) is 18.2 Å². The first-order valence-corrected chi connectivity index (χ1v) is 7.01. The van der Waals surface area contributed by atoms with Crippen molar-refractivity contribution in [3.63, 3.8) is 0 Å². The Bertz CT molecular complexity index is 539. The lowest BCUT2D eigenvalue weighted by Crippen LogP contribution is -2.53. The van der Waals surface area contributed by atoms with Gasteiger partial charge in [-0.3, -0.25) is 10.1 Å². The Morgan fingerprint density at radius 2 is 2.40 bits per heavy atom. The summed E-state index contributed by atoms with van der Waals surface area (Å²) in [5.74, 6) is 0.0613. The number of hydrogen-bond acceptors (Lipinski definition) is 5. The third-order valence-electron chi connectivity index (χ3n) is 3.33. The molecular formula is C12H15N3O3S2. The molecule has 108 valence electrons. The topological polar surface area (TPSA) is 78.6 Å². The Morgan fingerprint density at radius 1 is 1.65 bits per heavy atom. The second-order valence-corrected chi connectivity index (χ2v) is 5.72. The summed E-state index contributed by atoms with van der Waals surface area (Å²) < 4.78 is 0.501. The monoisotopic (exact) mass is 313 g/mol. The smallest absolute Gasteiger partial charge is 0.269 e. The summed E-state index contributed by atoms with van der Waals surface area (Å²) in [5.41, 5.74) is 0.518. The molecule has 0 amide bonds. The lowest BCUT2D eigenvalue weighted by molar-refractivity contribution is -0.384. The first-order chi connectivity index (χ1) is 9.49. The Hall–Kier alpha value is -1.38. The van der Waals surface area contributed by atoms with E-state index in [-0.39, 0.29) is 17.5 Å². The van der Waals surface area contributed by atoms with Crippen LogP contribution in [0.3, 0.4) is 0 Å². The predicted molar refractivity (Wildman–Crippen MR) is 83.4 cm³/mol. The van der Waals surface area contributed by atoms with Gasteiger partial charge in [-0.25, -0.2) is 0 Å². The van der Waals surface area contributed by atoms with E-state index in [1.54, 1.807) is 0 Å². The second kappa shape index (κ2) is 6.38. The molecule has 0 spiro atoms. The van der Waals surface area contributed by atoms with Crippen LogP contribution in [0, 0.1) is 10.1 Å². The van der Waals surface area contributed by atoms with Crippen LogP contribution in [0.4, 0.5) is 5.69 Å². The highest BCUT2D eigenvalue weighted by atomic mass is 32.1. The maximum Gasteiger partial charge on any atom is 0.269 e. The van der Waals surface area contributed by atoms with E-state index in [4.69, 9.17) is 12.2 Å². The molecule has 0 aromatic heterocycles. The zero-order chi connectivity index (χ0) is 14.7. The van der Waals surface area contributed by atoms with Gasteiger partial charge in [-0.05, 0) is 12.5 Å². The highest BCUT2D eigenvalue weighted by Gasteiger charge is 2.24. The van der Waals surface area contributed by atoms with Crippen molar-refractivity contribution < 1.29 is 10.0 Å². The summed E-state index contributed by atoms with van der Waals surface area (Å²) in [6.07, 6.45) is 0.473. The average molecular weight is 313 g/mol. The second-order valence-electron chi connectivity index (χ2n) is 4.61. The number of benzene rings is 1. The van der Waals surface area contributed by atoms with E-state index in [0.717, 1.165) is 13.1 Å². The maximum atomic E-state index is 10.8. The molecule has 2 rings (SSSR count). The fourth-order valence-corrected chi connectivity index (χ4v) is 2.80. The molecule has 6 nitrogen and oxygen atoms in total. The first-order valence-electron chi connectivity index (χ1n) is 6.15. The van der Waals surface area contributed by atoms with Gasteiger partial charge in [-0.15, -0.1) is 12.6 Å². The fraction of sp³-hybridized carbons (Fsp3) is 0.417. The predicted octanol–water partition coefficient (Wildman–Crippen LogP) is 1.33. The number of hydrogen-bond donors (Lipinski definition) is 3. The van der Waals surface area contributed by atoms with Crippen LogP contribution in [0.2, 0.25) is 0 Å². The lowest BCUT2D eigenvalue weighted by Gasteiger charge is -2.36. The fourth-order valence-electron chi connectivity index (χ4n) is 2.30. The number of nitro groups is 1. The van der Waals surface area contributed by atoms with Crippen LogP contribution >= 0.6 is 24.8 Å². The molecule has 1 aliphatic heterocycles. The minimum absolute atomic E-state index is 0.0263. The minimum Gasteiger partial charge on any atom is -0.508 e. The van der Waals surface area contributed by atoms with Crippen LogP contribution in [0.5, 0.6) is 5.75 Å². The molecule has 0 saturated carbocycles. The number of thiol groups is 1. The maximum absolute atomic E-state index is 10.8. The first kappa shape index (κ1) is 15.0. The molecule has 1 atom stereocenters. The van der Waals surface area contributed by atoms with Gasteiger partial charge in [0.25, 0.3) is 5.69 Å². The number of nitrogens with zero attached hydrogens (tertiary/aromatic N) is 2. The Kier molecular flexibility index (Phi) is 4.79. The van der Waals surface area contributed by atoms with Crippen LogP contribution in [0.1, 0.15) is 5.56 Å². The van der Waals surface area contributed by atoms with Crippen LogP contribution in [0.15, 0.2) is 18.2 Å². The molecule has 1 fully saturated rings. The molecule has 1 aromatic carbocycles. The van der Waals surface area contributed by atoms with Crippen molar-refractivity contribution in [3.05, 3.63) is 33.9 Å². The van der Waals surface area contributed by atoms with Gasteiger partial charge in [0.15, 0.2) is 0 Å². The van der Waals surface area contributed by atoms with E-state index >= 15 is 0 Å². The summed E-state index contributed by atoms with van der Waals surface area (Å²) in [5, 5.41) is 23.9. The molecule has 1 aliphatic rings. The standard InChI is InChI=1S/C12H15N3O3S2/c16-11-2-1-9(15(17)18)5-8(11)6-10-7-13-3-4-14(10)12(19)20/h1-2,5,10,13,16H,3-4,6-7H2,(H,19,20). The van der Waals surface area contributed by atoms with Gasteiger partial charge in [0.05, 0.1) is 4.92 Å². The lowest BCUT2D eigenvalue weighted by atomic mass is 10.0. The van der Waals surface area contributed by atoms with Gasteiger partial charge in [-0.2, -0.15) is 0 Å². The largest absolute Gasteiger partial charge is 0.508 e. The van der Waals surface area contributed by atoms with Crippen molar-refractivity contribution in [2.75, 3.05) is 19.6 Å². The van der Waals surface area contributed by atoms with Crippen molar-refractivity contribution in [3.8, 4) is 5.75 Å². The van der Waals surface area contributed by atoms with E-state index in [2.05, 4.69) is 17.9 Å². The van der Waals surface area contributed by atoms with Gasteiger partial charge in [-0.1, -0.05) is 12.2 Å². The Balaban J connectivity index is 2.21. The normalized spacial score (nSPS) is 18.9. The van der Waals surface area contributed by atoms with Crippen LogP contribution in [-0.2, 0) is 6.42 Å². The summed E-state index contributed by atoms with van der Waals surface area (Å²) in [4.78, 5) is 12.3.